The molecule has 0 amide bonds. The van der Waals surface area contributed by atoms with Crippen LogP contribution >= 0.6 is 0 Å². The Morgan fingerprint density at radius 1 is 1.50 bits per heavy atom. The molecule has 1 heterocycles. The molecule has 1 aromatic heterocycles. The minimum atomic E-state index is 0. The van der Waals surface area contributed by atoms with Crippen molar-refractivity contribution >= 4 is 5.95 Å². The summed E-state index contributed by atoms with van der Waals surface area (Å²) in [4.78, 5) is 0. The van der Waals surface area contributed by atoms with Gasteiger partial charge in [-0.25, -0.2) is 5.10 Å². The fourth-order valence-corrected chi connectivity index (χ4v) is 0.512. The van der Waals surface area contributed by atoms with Crippen LogP contribution in [0.4, 0.5) is 5.95 Å². The van der Waals surface area contributed by atoms with Gasteiger partial charge in [-0.3, -0.25) is 7.05 Å². The van der Waals surface area contributed by atoms with Gasteiger partial charge in [0, 0.05) is 38.5 Å². The average Bonchev–Trinajstić information content (AvgIpc) is 2.15. The maximum atomic E-state index is 3.73. The Morgan fingerprint density at radius 2 is 2.10 bits per heavy atom. The van der Waals surface area contributed by atoms with E-state index in [0.29, 0.717) is 5.95 Å². The molecule has 53 valence electrons. The minimum absolute atomic E-state index is 0. The van der Waals surface area contributed by atoms with E-state index < -0.39 is 0 Å². The molecule has 0 saturated heterocycles. The molecule has 0 aliphatic carbocycles. The Hall–Kier alpha value is -0.0861. The molecule has 4 nitrogen and oxygen atoms in total. The van der Waals surface area contributed by atoms with E-state index in [4.69, 9.17) is 0 Å². The molecule has 0 aliphatic rings. The van der Waals surface area contributed by atoms with Gasteiger partial charge in [-0.2, -0.15) is 5.10 Å². The second-order valence-electron chi connectivity index (χ2n) is 1.68. The Labute approximate surface area is 85.3 Å². The minimum Gasteiger partial charge on any atom is -0.560 e. The van der Waals surface area contributed by atoms with Crippen molar-refractivity contribution in [1.29, 1.82) is 0 Å². The number of aromatic nitrogens is 3. The van der Waals surface area contributed by atoms with Gasteiger partial charge in [0.05, 0.1) is 5.95 Å². The summed E-state index contributed by atoms with van der Waals surface area (Å²) in [6.07, 6.45) is 0. The Kier molecular flexibility index (Phi) is 3.90. The Balaban J connectivity index is 0.000000810. The van der Waals surface area contributed by atoms with Gasteiger partial charge in [0.2, 0.25) is 0 Å². The van der Waals surface area contributed by atoms with Crippen LogP contribution in [-0.2, 0) is 32.7 Å². The van der Waals surface area contributed by atoms with E-state index >= 15 is 0 Å². The van der Waals surface area contributed by atoms with Gasteiger partial charge in [0.15, 0.2) is 0 Å². The van der Waals surface area contributed by atoms with Gasteiger partial charge >= 0.3 is 0 Å². The predicted molar refractivity (Wildman–Crippen MR) is 34.5 cm³/mol. The zero-order valence-corrected chi connectivity index (χ0v) is 8.67. The van der Waals surface area contributed by atoms with Crippen molar-refractivity contribution in [2.24, 2.45) is 0 Å². The number of nitrogens with one attached hydrogen (secondary N) is 1. The predicted octanol–water partition coefficient (Wildman–Crippen LogP) is 0.427. The van der Waals surface area contributed by atoms with Crippen LogP contribution in [0.25, 0.3) is 0 Å². The normalized spacial score (nSPS) is 8.60. The number of anilines is 1. The molecule has 0 spiro atoms. The molecule has 10 heavy (non-hydrogen) atoms. The molecule has 0 fully saturated rings. The van der Waals surface area contributed by atoms with Crippen molar-refractivity contribution in [2.75, 3.05) is 5.32 Å². The van der Waals surface area contributed by atoms with Crippen LogP contribution in [0.2, 0.25) is 0 Å². The van der Waals surface area contributed by atoms with E-state index in [9.17, 15) is 0 Å². The maximum absolute atomic E-state index is 3.73. The van der Waals surface area contributed by atoms with Crippen molar-refractivity contribution < 1.29 is 32.7 Å². The first-order chi connectivity index (χ1) is 4.25. The first-order valence-corrected chi connectivity index (χ1v) is 2.51. The van der Waals surface area contributed by atoms with E-state index in [-0.39, 0.29) is 32.7 Å². The molecule has 0 bridgehead atoms. The number of hydrogen-bond acceptors (Lipinski definition) is 3. The summed E-state index contributed by atoms with van der Waals surface area (Å²) in [6, 6.07) is 0. The first-order valence-electron chi connectivity index (χ1n) is 2.51. The molecular weight excluding hydrogens is 205 g/mol. The summed E-state index contributed by atoms with van der Waals surface area (Å²) in [6.45, 7) is 1.82. The largest absolute Gasteiger partial charge is 0.560 e. The monoisotopic (exact) mass is 213 g/mol. The second kappa shape index (κ2) is 3.93. The van der Waals surface area contributed by atoms with Crippen LogP contribution < -0.4 is 5.32 Å². The number of aryl methyl sites for hydroxylation is 1. The van der Waals surface area contributed by atoms with Crippen LogP contribution in [0.3, 0.4) is 0 Å². The molecule has 0 aromatic carbocycles. The molecule has 1 N–H and O–H groups in total. The van der Waals surface area contributed by atoms with Gasteiger partial charge in [-0.1, -0.05) is 6.92 Å². The van der Waals surface area contributed by atoms with E-state index in [1.165, 1.54) is 0 Å². The smallest absolute Gasteiger partial charge is 0.0848 e. The third-order valence-corrected chi connectivity index (χ3v) is 1.09. The third-order valence-electron chi connectivity index (χ3n) is 1.09. The summed E-state index contributed by atoms with van der Waals surface area (Å²) in [5, 5.41) is 10.0. The van der Waals surface area contributed by atoms with Crippen LogP contribution in [0.15, 0.2) is 0 Å². The second-order valence-corrected chi connectivity index (χ2v) is 1.68. The van der Waals surface area contributed by atoms with Gasteiger partial charge in [0.25, 0.3) is 0 Å². The number of nitrogens with zero attached hydrogens (tertiary/aromatic N) is 3. The molecule has 0 aliphatic heterocycles. The fraction of sp³-hybridized carbons (Fsp3) is 0.200. The summed E-state index contributed by atoms with van der Waals surface area (Å²) in [5.41, 5.74) is 0. The fourth-order valence-electron chi connectivity index (χ4n) is 0.512. The van der Waals surface area contributed by atoms with E-state index in [1.807, 2.05) is 6.92 Å². The molecule has 1 aromatic rings. The quantitative estimate of drug-likeness (QED) is 0.687. The van der Waals surface area contributed by atoms with Gasteiger partial charge in [0.1, 0.15) is 0 Å². The van der Waals surface area contributed by atoms with Crippen LogP contribution in [-0.4, -0.2) is 14.8 Å². The van der Waals surface area contributed by atoms with Crippen molar-refractivity contribution in [3.8, 4) is 0 Å². The molecular formula is C5H8N4Y-2. The Bertz CT molecular complexity index is 207. The SMILES string of the molecule is [CH2-]Nc1nnc(C)n1[CH2-].[Y]. The van der Waals surface area contributed by atoms with Crippen LogP contribution in [0.1, 0.15) is 5.82 Å². The Morgan fingerprint density at radius 3 is 2.30 bits per heavy atom. The summed E-state index contributed by atoms with van der Waals surface area (Å²) in [5.74, 6) is 1.34. The zero-order chi connectivity index (χ0) is 6.85. The maximum Gasteiger partial charge on any atom is 0.0848 e. The molecule has 1 radical (unpaired) electrons. The first kappa shape index (κ1) is 9.91. The number of rotatable bonds is 1. The van der Waals surface area contributed by atoms with Gasteiger partial charge in [-0.05, 0) is 0 Å². The van der Waals surface area contributed by atoms with Gasteiger partial charge < -0.3 is 9.88 Å². The topological polar surface area (TPSA) is 42.7 Å². The molecule has 0 atom stereocenters. The van der Waals surface area contributed by atoms with E-state index in [1.54, 1.807) is 4.57 Å². The summed E-state index contributed by atoms with van der Waals surface area (Å²) in [7, 11) is 7.06. The molecule has 5 heteroatoms. The zero-order valence-electron chi connectivity index (χ0n) is 5.83. The van der Waals surface area contributed by atoms with Crippen molar-refractivity contribution in [3.05, 3.63) is 19.9 Å². The molecule has 0 saturated carbocycles. The van der Waals surface area contributed by atoms with Crippen molar-refractivity contribution in [2.45, 2.75) is 6.92 Å². The molecule has 1 rings (SSSR count). The van der Waals surface area contributed by atoms with Gasteiger partial charge in [-0.15, -0.1) is 7.05 Å². The van der Waals surface area contributed by atoms with Crippen LogP contribution in [0.5, 0.6) is 0 Å². The van der Waals surface area contributed by atoms with Crippen molar-refractivity contribution in [1.82, 2.24) is 14.8 Å². The third kappa shape index (κ3) is 1.70. The number of hydrogen-bond donors (Lipinski definition) is 1. The molecule has 0 unspecified atom stereocenters. The van der Waals surface area contributed by atoms with E-state index in [2.05, 4.69) is 29.6 Å². The standard InChI is InChI=1S/C5H8N4.Y/c1-4-7-8-5(6-2)9(4)3;/h2-3H2,1H3,(H,6,8);/q-2;. The summed E-state index contributed by atoms with van der Waals surface area (Å²) >= 11 is 0. The van der Waals surface area contributed by atoms with Crippen LogP contribution in [0, 0.1) is 21.0 Å². The average molecular weight is 213 g/mol. The summed E-state index contributed by atoms with van der Waals surface area (Å²) < 4.78 is 1.58. The van der Waals surface area contributed by atoms with Crippen molar-refractivity contribution in [3.63, 3.8) is 0 Å². The van der Waals surface area contributed by atoms with E-state index in [0.717, 1.165) is 5.82 Å².